The van der Waals surface area contributed by atoms with E-state index in [1.807, 2.05) is 24.3 Å². The minimum atomic E-state index is -3.66. The number of hydrogen-bond acceptors (Lipinski definition) is 3. The normalized spacial score (nSPS) is 16.0. The third-order valence-electron chi connectivity index (χ3n) is 4.32. The Bertz CT molecular complexity index is 970. The SMILES string of the molecule is O=C(/C=C/c1ccccc1Br)N1CCN(S(=O)(=O)c2ccccc2Cl)CC1. The van der Waals surface area contributed by atoms with Gasteiger partial charge >= 0.3 is 0 Å². The summed E-state index contributed by atoms with van der Waals surface area (Å²) in [4.78, 5) is 14.1. The van der Waals surface area contributed by atoms with E-state index in [2.05, 4.69) is 15.9 Å². The molecule has 0 N–H and O–H groups in total. The third-order valence-corrected chi connectivity index (χ3v) is 7.44. The highest BCUT2D eigenvalue weighted by atomic mass is 79.9. The first-order valence-electron chi connectivity index (χ1n) is 8.36. The molecule has 1 fully saturated rings. The molecule has 0 aliphatic carbocycles. The van der Waals surface area contributed by atoms with Gasteiger partial charge in [0.15, 0.2) is 0 Å². The number of rotatable bonds is 4. The molecule has 5 nitrogen and oxygen atoms in total. The van der Waals surface area contributed by atoms with Gasteiger partial charge in [-0.05, 0) is 29.8 Å². The van der Waals surface area contributed by atoms with Crippen molar-refractivity contribution in [2.75, 3.05) is 26.2 Å². The summed E-state index contributed by atoms with van der Waals surface area (Å²) in [5, 5.41) is 0.201. The van der Waals surface area contributed by atoms with Gasteiger partial charge < -0.3 is 4.90 Å². The van der Waals surface area contributed by atoms with Crippen LogP contribution in [0.3, 0.4) is 0 Å². The maximum Gasteiger partial charge on any atom is 0.246 e. The minimum Gasteiger partial charge on any atom is -0.337 e. The lowest BCUT2D eigenvalue weighted by atomic mass is 10.2. The Labute approximate surface area is 172 Å². The average molecular weight is 470 g/mol. The predicted octanol–water partition coefficient (Wildman–Crippen LogP) is 3.65. The zero-order valence-corrected chi connectivity index (χ0v) is 17.5. The topological polar surface area (TPSA) is 57.7 Å². The van der Waals surface area contributed by atoms with E-state index in [1.54, 1.807) is 29.2 Å². The molecule has 0 atom stereocenters. The highest BCUT2D eigenvalue weighted by Crippen LogP contribution is 2.25. The number of nitrogens with zero attached hydrogens (tertiary/aromatic N) is 2. The molecule has 0 bridgehead atoms. The van der Waals surface area contributed by atoms with Crippen LogP contribution in [0.4, 0.5) is 0 Å². The number of hydrogen-bond donors (Lipinski definition) is 0. The highest BCUT2D eigenvalue weighted by Gasteiger charge is 2.30. The molecule has 1 saturated heterocycles. The van der Waals surface area contributed by atoms with Gasteiger partial charge in [-0.2, -0.15) is 4.31 Å². The Morgan fingerprint density at radius 1 is 1.00 bits per heavy atom. The van der Waals surface area contributed by atoms with Gasteiger partial charge in [0.25, 0.3) is 0 Å². The molecule has 0 spiro atoms. The summed E-state index contributed by atoms with van der Waals surface area (Å²) in [6, 6.07) is 14.0. The average Bonchev–Trinajstić information content (AvgIpc) is 2.67. The Morgan fingerprint density at radius 3 is 2.30 bits per heavy atom. The molecule has 1 aliphatic rings. The lowest BCUT2D eigenvalue weighted by Crippen LogP contribution is -2.50. The number of amides is 1. The molecule has 2 aromatic rings. The van der Waals surface area contributed by atoms with Crippen molar-refractivity contribution in [3.63, 3.8) is 0 Å². The van der Waals surface area contributed by atoms with Crippen LogP contribution in [0.2, 0.25) is 5.02 Å². The van der Waals surface area contributed by atoms with Crippen LogP contribution < -0.4 is 0 Å². The van der Waals surface area contributed by atoms with Gasteiger partial charge in [-0.15, -0.1) is 0 Å². The Balaban J connectivity index is 1.64. The molecule has 2 aromatic carbocycles. The molecule has 3 rings (SSSR count). The van der Waals surface area contributed by atoms with Gasteiger partial charge in [-0.3, -0.25) is 4.79 Å². The van der Waals surface area contributed by atoms with Gasteiger partial charge in [0.05, 0.1) is 5.02 Å². The van der Waals surface area contributed by atoms with E-state index in [0.29, 0.717) is 13.1 Å². The maximum absolute atomic E-state index is 12.8. The van der Waals surface area contributed by atoms with Gasteiger partial charge in [-0.25, -0.2) is 8.42 Å². The zero-order valence-electron chi connectivity index (χ0n) is 14.4. The van der Waals surface area contributed by atoms with Crippen molar-refractivity contribution >= 4 is 49.5 Å². The molecule has 1 heterocycles. The number of carbonyl (C=O) groups excluding carboxylic acids is 1. The van der Waals surface area contributed by atoms with Crippen molar-refractivity contribution in [3.8, 4) is 0 Å². The first-order chi connectivity index (χ1) is 12.9. The molecule has 1 amide bonds. The van der Waals surface area contributed by atoms with E-state index in [1.165, 1.54) is 16.4 Å². The van der Waals surface area contributed by atoms with Crippen LogP contribution in [0.25, 0.3) is 6.08 Å². The molecule has 0 radical (unpaired) electrons. The largest absolute Gasteiger partial charge is 0.337 e. The Hall–Kier alpha value is -1.67. The summed E-state index contributed by atoms with van der Waals surface area (Å²) in [5.41, 5.74) is 0.908. The summed E-state index contributed by atoms with van der Waals surface area (Å²) in [7, 11) is -3.66. The van der Waals surface area contributed by atoms with Crippen molar-refractivity contribution in [2.45, 2.75) is 4.90 Å². The second-order valence-electron chi connectivity index (χ2n) is 6.01. The van der Waals surface area contributed by atoms with Gasteiger partial charge in [-0.1, -0.05) is 57.9 Å². The maximum atomic E-state index is 12.8. The number of sulfonamides is 1. The van der Waals surface area contributed by atoms with E-state index in [9.17, 15) is 13.2 Å². The van der Waals surface area contributed by atoms with Crippen LogP contribution in [-0.4, -0.2) is 49.7 Å². The number of carbonyl (C=O) groups is 1. The second-order valence-corrected chi connectivity index (χ2v) is 9.18. The molecule has 0 unspecified atom stereocenters. The van der Waals surface area contributed by atoms with Crippen LogP contribution >= 0.6 is 27.5 Å². The van der Waals surface area contributed by atoms with Crippen LogP contribution in [0.5, 0.6) is 0 Å². The fourth-order valence-electron chi connectivity index (χ4n) is 2.82. The first-order valence-corrected chi connectivity index (χ1v) is 11.0. The molecule has 1 aliphatic heterocycles. The number of benzene rings is 2. The van der Waals surface area contributed by atoms with Crippen molar-refractivity contribution in [3.05, 3.63) is 69.7 Å². The second kappa shape index (κ2) is 8.56. The summed E-state index contributed by atoms with van der Waals surface area (Å²) >= 11 is 9.48. The van der Waals surface area contributed by atoms with E-state index in [-0.39, 0.29) is 28.9 Å². The van der Waals surface area contributed by atoms with Crippen LogP contribution in [0.15, 0.2) is 64.0 Å². The Kier molecular flexibility index (Phi) is 6.37. The molecule has 8 heteroatoms. The summed E-state index contributed by atoms with van der Waals surface area (Å²) in [5.74, 6) is -0.138. The quantitative estimate of drug-likeness (QED) is 0.642. The van der Waals surface area contributed by atoms with E-state index in [0.717, 1.165) is 10.0 Å². The summed E-state index contributed by atoms with van der Waals surface area (Å²) in [6.07, 6.45) is 3.26. The summed E-state index contributed by atoms with van der Waals surface area (Å²) in [6.45, 7) is 1.15. The lowest BCUT2D eigenvalue weighted by molar-refractivity contribution is -0.127. The van der Waals surface area contributed by atoms with Crippen molar-refractivity contribution in [1.82, 2.24) is 9.21 Å². The Morgan fingerprint density at radius 2 is 1.63 bits per heavy atom. The molecule has 142 valence electrons. The molecular weight excluding hydrogens is 452 g/mol. The van der Waals surface area contributed by atoms with Gasteiger partial charge in [0.2, 0.25) is 15.9 Å². The highest BCUT2D eigenvalue weighted by molar-refractivity contribution is 9.10. The minimum absolute atomic E-state index is 0.0975. The molecule has 0 saturated carbocycles. The molecule has 27 heavy (non-hydrogen) atoms. The standard InChI is InChI=1S/C19H18BrClN2O3S/c20-16-6-2-1-5-15(16)9-10-19(24)22-11-13-23(14-12-22)27(25,26)18-8-4-3-7-17(18)21/h1-10H,11-14H2/b10-9+. The van der Waals surface area contributed by atoms with Crippen molar-refractivity contribution in [1.29, 1.82) is 0 Å². The van der Waals surface area contributed by atoms with E-state index >= 15 is 0 Å². The van der Waals surface area contributed by atoms with Crippen LogP contribution in [0.1, 0.15) is 5.56 Å². The summed E-state index contributed by atoms with van der Waals surface area (Å²) < 4.78 is 27.8. The van der Waals surface area contributed by atoms with Crippen molar-refractivity contribution < 1.29 is 13.2 Å². The van der Waals surface area contributed by atoms with Gasteiger partial charge in [0, 0.05) is 36.7 Å². The monoisotopic (exact) mass is 468 g/mol. The number of halogens is 2. The smallest absolute Gasteiger partial charge is 0.246 e. The molecular formula is C19H18BrClN2O3S. The fourth-order valence-corrected chi connectivity index (χ4v) is 5.15. The van der Waals surface area contributed by atoms with Crippen LogP contribution in [0, 0.1) is 0 Å². The van der Waals surface area contributed by atoms with Gasteiger partial charge in [0.1, 0.15) is 4.90 Å². The fraction of sp³-hybridized carbons (Fsp3) is 0.211. The van der Waals surface area contributed by atoms with Crippen molar-refractivity contribution in [2.24, 2.45) is 0 Å². The number of piperazine rings is 1. The third kappa shape index (κ3) is 4.60. The van der Waals surface area contributed by atoms with Crippen LogP contribution in [-0.2, 0) is 14.8 Å². The first kappa shape index (κ1) is 20.1. The predicted molar refractivity (Wildman–Crippen MR) is 110 cm³/mol. The molecule has 0 aromatic heterocycles. The van der Waals surface area contributed by atoms with E-state index < -0.39 is 10.0 Å². The van der Waals surface area contributed by atoms with E-state index in [4.69, 9.17) is 11.6 Å². The lowest BCUT2D eigenvalue weighted by Gasteiger charge is -2.33. The zero-order chi connectivity index (χ0) is 19.4.